The largest absolute Gasteiger partial charge is 0.493 e. The van der Waals surface area contributed by atoms with E-state index in [0.717, 1.165) is 16.9 Å². The maximum atomic E-state index is 11.6. The van der Waals surface area contributed by atoms with Gasteiger partial charge in [0.2, 0.25) is 10.0 Å². The standard InChI is InChI=1S/C21H27NO5S/c1-3-27-20-7-5-4-6-19(20)16-8-10-17(11-9-16)21(23)14-26-13-18(21)12-15(2)28(22,24)25/h4-11,15,18,23H,3,12-14H2,1-2H3,(H2,22,24,25). The third kappa shape index (κ3) is 4.22. The van der Waals surface area contributed by atoms with Crippen molar-refractivity contribution in [2.75, 3.05) is 19.8 Å². The molecule has 1 aliphatic heterocycles. The SMILES string of the molecule is CCOc1ccccc1-c1ccc(C2(O)COCC2CC(C)S(N)(=O)=O)cc1. The van der Waals surface area contributed by atoms with Crippen molar-refractivity contribution in [2.24, 2.45) is 11.1 Å². The topological polar surface area (TPSA) is 98.8 Å². The maximum Gasteiger partial charge on any atom is 0.211 e. The normalized spacial score (nSPS) is 23.5. The molecule has 3 unspecified atom stereocenters. The van der Waals surface area contributed by atoms with Gasteiger partial charge in [0.1, 0.15) is 11.4 Å². The van der Waals surface area contributed by atoms with Gasteiger partial charge in [0.05, 0.1) is 25.1 Å². The summed E-state index contributed by atoms with van der Waals surface area (Å²) in [7, 11) is -3.66. The summed E-state index contributed by atoms with van der Waals surface area (Å²) in [5.74, 6) is 0.461. The molecule has 0 aliphatic carbocycles. The number of ether oxygens (including phenoxy) is 2. The Labute approximate surface area is 166 Å². The zero-order valence-corrected chi connectivity index (χ0v) is 17.0. The van der Waals surface area contributed by atoms with Gasteiger partial charge in [-0.1, -0.05) is 42.5 Å². The second kappa shape index (κ2) is 8.21. The molecule has 0 bridgehead atoms. The van der Waals surface area contributed by atoms with Gasteiger partial charge in [0.25, 0.3) is 0 Å². The van der Waals surface area contributed by atoms with E-state index >= 15 is 0 Å². The molecule has 1 heterocycles. The molecule has 1 aliphatic rings. The number of rotatable bonds is 7. The summed E-state index contributed by atoms with van der Waals surface area (Å²) in [6.45, 7) is 4.51. The molecule has 152 valence electrons. The summed E-state index contributed by atoms with van der Waals surface area (Å²) >= 11 is 0. The minimum Gasteiger partial charge on any atom is -0.493 e. The summed E-state index contributed by atoms with van der Waals surface area (Å²) in [5, 5.41) is 15.8. The third-order valence-electron chi connectivity index (χ3n) is 5.38. The zero-order chi connectivity index (χ0) is 20.4. The summed E-state index contributed by atoms with van der Waals surface area (Å²) in [5.41, 5.74) is 1.42. The highest BCUT2D eigenvalue weighted by atomic mass is 32.2. The van der Waals surface area contributed by atoms with Crippen molar-refractivity contribution >= 4 is 10.0 Å². The Morgan fingerprint density at radius 1 is 1.25 bits per heavy atom. The lowest BCUT2D eigenvalue weighted by molar-refractivity contribution is -0.00577. The summed E-state index contributed by atoms with van der Waals surface area (Å²) < 4.78 is 34.4. The van der Waals surface area contributed by atoms with E-state index in [1.165, 1.54) is 0 Å². The van der Waals surface area contributed by atoms with Crippen LogP contribution in [-0.4, -0.2) is 38.6 Å². The lowest BCUT2D eigenvalue weighted by atomic mass is 9.81. The van der Waals surface area contributed by atoms with Gasteiger partial charge in [-0.2, -0.15) is 0 Å². The molecular weight excluding hydrogens is 378 g/mol. The first-order valence-corrected chi connectivity index (χ1v) is 11.0. The molecule has 2 aromatic carbocycles. The smallest absolute Gasteiger partial charge is 0.211 e. The van der Waals surface area contributed by atoms with Gasteiger partial charge >= 0.3 is 0 Å². The van der Waals surface area contributed by atoms with Gasteiger partial charge in [0.15, 0.2) is 0 Å². The Kier molecular flexibility index (Phi) is 6.09. The van der Waals surface area contributed by atoms with E-state index < -0.39 is 20.9 Å². The first-order chi connectivity index (χ1) is 13.3. The fourth-order valence-electron chi connectivity index (χ4n) is 3.65. The van der Waals surface area contributed by atoms with Crippen LogP contribution in [0.25, 0.3) is 11.1 Å². The van der Waals surface area contributed by atoms with Crippen molar-refractivity contribution < 1.29 is 23.0 Å². The maximum absolute atomic E-state index is 11.6. The average Bonchev–Trinajstić information content (AvgIpc) is 3.03. The number of benzene rings is 2. The third-order valence-corrected chi connectivity index (χ3v) is 6.69. The lowest BCUT2D eigenvalue weighted by Crippen LogP contribution is -2.38. The van der Waals surface area contributed by atoms with Crippen molar-refractivity contribution in [1.82, 2.24) is 0 Å². The first-order valence-electron chi connectivity index (χ1n) is 9.40. The molecular formula is C21H27NO5S. The summed E-state index contributed by atoms with van der Waals surface area (Å²) in [6, 6.07) is 15.4. The zero-order valence-electron chi connectivity index (χ0n) is 16.2. The Balaban J connectivity index is 1.86. The number of hydrogen-bond acceptors (Lipinski definition) is 5. The molecule has 0 aromatic heterocycles. The number of hydrogen-bond donors (Lipinski definition) is 2. The Morgan fingerprint density at radius 2 is 1.93 bits per heavy atom. The molecule has 3 N–H and O–H groups in total. The number of para-hydroxylation sites is 1. The first kappa shape index (κ1) is 20.8. The van der Waals surface area contributed by atoms with E-state index in [9.17, 15) is 13.5 Å². The van der Waals surface area contributed by atoms with Crippen LogP contribution >= 0.6 is 0 Å². The minimum atomic E-state index is -3.66. The highest BCUT2D eigenvalue weighted by Gasteiger charge is 2.45. The van der Waals surface area contributed by atoms with Crippen molar-refractivity contribution in [2.45, 2.75) is 31.1 Å². The molecule has 6 nitrogen and oxygen atoms in total. The van der Waals surface area contributed by atoms with Crippen LogP contribution in [0.4, 0.5) is 0 Å². The number of sulfonamides is 1. The molecule has 28 heavy (non-hydrogen) atoms. The Hall–Kier alpha value is -1.93. The Morgan fingerprint density at radius 3 is 2.57 bits per heavy atom. The monoisotopic (exact) mass is 405 g/mol. The van der Waals surface area contributed by atoms with E-state index in [-0.39, 0.29) is 18.9 Å². The van der Waals surface area contributed by atoms with Crippen LogP contribution < -0.4 is 9.88 Å². The van der Waals surface area contributed by atoms with Crippen molar-refractivity contribution in [3.63, 3.8) is 0 Å². The van der Waals surface area contributed by atoms with E-state index in [4.69, 9.17) is 14.6 Å². The number of aliphatic hydroxyl groups is 1. The van der Waals surface area contributed by atoms with Crippen molar-refractivity contribution in [3.05, 3.63) is 54.1 Å². The molecule has 7 heteroatoms. The summed E-state index contributed by atoms with van der Waals surface area (Å²) in [6.07, 6.45) is 0.240. The van der Waals surface area contributed by atoms with E-state index in [2.05, 4.69) is 0 Å². The van der Waals surface area contributed by atoms with E-state index in [1.54, 1.807) is 6.92 Å². The van der Waals surface area contributed by atoms with Crippen LogP contribution in [0.2, 0.25) is 0 Å². The fraction of sp³-hybridized carbons (Fsp3) is 0.429. The number of nitrogens with two attached hydrogens (primary N) is 1. The second-order valence-corrected chi connectivity index (χ2v) is 9.26. The molecule has 0 saturated carbocycles. The van der Waals surface area contributed by atoms with Crippen molar-refractivity contribution in [3.8, 4) is 16.9 Å². The molecule has 1 fully saturated rings. The fourth-order valence-corrected chi connectivity index (χ4v) is 4.15. The highest BCUT2D eigenvalue weighted by molar-refractivity contribution is 7.89. The Bertz CT molecular complexity index is 913. The van der Waals surface area contributed by atoms with Gasteiger partial charge < -0.3 is 14.6 Å². The molecule has 0 amide bonds. The van der Waals surface area contributed by atoms with Crippen molar-refractivity contribution in [1.29, 1.82) is 0 Å². The molecule has 0 spiro atoms. The molecule has 1 saturated heterocycles. The van der Waals surface area contributed by atoms with Gasteiger partial charge in [-0.05, 0) is 37.5 Å². The lowest BCUT2D eigenvalue weighted by Gasteiger charge is -2.30. The van der Waals surface area contributed by atoms with Gasteiger partial charge in [-0.3, -0.25) is 0 Å². The average molecular weight is 406 g/mol. The van der Waals surface area contributed by atoms with E-state index in [1.807, 2.05) is 55.5 Å². The summed E-state index contributed by atoms with van der Waals surface area (Å²) in [4.78, 5) is 0. The molecule has 0 radical (unpaired) electrons. The van der Waals surface area contributed by atoms with E-state index in [0.29, 0.717) is 18.8 Å². The predicted octanol–water partition coefficient (Wildman–Crippen LogP) is 2.65. The van der Waals surface area contributed by atoms with Crippen LogP contribution in [0.3, 0.4) is 0 Å². The number of primary sulfonamides is 1. The molecule has 3 atom stereocenters. The van der Waals surface area contributed by atoms with Crippen LogP contribution in [0.15, 0.2) is 48.5 Å². The van der Waals surface area contributed by atoms with Gasteiger partial charge in [-0.15, -0.1) is 0 Å². The minimum absolute atomic E-state index is 0.129. The molecule has 3 rings (SSSR count). The van der Waals surface area contributed by atoms with Crippen LogP contribution in [-0.2, 0) is 20.4 Å². The van der Waals surface area contributed by atoms with Gasteiger partial charge in [0, 0.05) is 11.5 Å². The highest BCUT2D eigenvalue weighted by Crippen LogP contribution is 2.40. The van der Waals surface area contributed by atoms with Crippen LogP contribution in [0.1, 0.15) is 25.8 Å². The predicted molar refractivity (Wildman–Crippen MR) is 108 cm³/mol. The van der Waals surface area contributed by atoms with Crippen LogP contribution in [0.5, 0.6) is 5.75 Å². The second-order valence-electron chi connectivity index (χ2n) is 7.28. The quantitative estimate of drug-likeness (QED) is 0.738. The van der Waals surface area contributed by atoms with Gasteiger partial charge in [-0.25, -0.2) is 13.6 Å². The van der Waals surface area contributed by atoms with Crippen LogP contribution in [0, 0.1) is 5.92 Å². The molecule has 2 aromatic rings.